The number of nitrogens with zero attached hydrogens (tertiary/aromatic N) is 4. The molecule has 1 fully saturated rings. The predicted molar refractivity (Wildman–Crippen MR) is 132 cm³/mol. The summed E-state index contributed by atoms with van der Waals surface area (Å²) < 4.78 is 0. The molecule has 1 saturated heterocycles. The minimum absolute atomic E-state index is 0.00361. The Hall–Kier alpha value is -3.61. The molecule has 1 aromatic heterocycles. The van der Waals surface area contributed by atoms with Gasteiger partial charge in [0.05, 0.1) is 6.54 Å². The average Bonchev–Trinajstić information content (AvgIpc) is 3.26. The van der Waals surface area contributed by atoms with Crippen molar-refractivity contribution in [2.24, 2.45) is 0 Å². The normalized spacial score (nSPS) is 15.9. The van der Waals surface area contributed by atoms with Crippen LogP contribution in [0.1, 0.15) is 48.8 Å². The van der Waals surface area contributed by atoms with Crippen LogP contribution in [0.3, 0.4) is 0 Å². The van der Waals surface area contributed by atoms with Gasteiger partial charge in [0.15, 0.2) is 5.69 Å². The molecule has 7 heteroatoms. The number of piperazine rings is 1. The van der Waals surface area contributed by atoms with Crippen LogP contribution in [-0.2, 0) is 13.0 Å². The number of carbonyl (C=O) groups excluding carboxylic acids is 2. The molecule has 0 unspecified atom stereocenters. The zero-order chi connectivity index (χ0) is 23.8. The number of amides is 2. The number of hydrogen-bond donors (Lipinski definition) is 1. The standard InChI is InChI=1S/C27H31N5O2/c1-18-14-19(2)16-21(15-18)26(33)32-9-8-23-22(17-32)25(29-28-23)27(34)31-12-10-30(11-13-31)24-7-5-4-6-20(24)3/h4-7,14-16H,8-13,17H2,1-3H3,(H,28,29). The summed E-state index contributed by atoms with van der Waals surface area (Å²) >= 11 is 0. The molecular formula is C27H31N5O2. The van der Waals surface area contributed by atoms with Crippen molar-refractivity contribution in [3.8, 4) is 0 Å². The van der Waals surface area contributed by atoms with Crippen LogP contribution in [0.15, 0.2) is 42.5 Å². The molecule has 0 spiro atoms. The summed E-state index contributed by atoms with van der Waals surface area (Å²) in [5, 5.41) is 7.45. The van der Waals surface area contributed by atoms with Crippen molar-refractivity contribution in [3.63, 3.8) is 0 Å². The molecule has 0 bridgehead atoms. The largest absolute Gasteiger partial charge is 0.368 e. The van der Waals surface area contributed by atoms with E-state index >= 15 is 0 Å². The highest BCUT2D eigenvalue weighted by Crippen LogP contribution is 2.25. The molecule has 34 heavy (non-hydrogen) atoms. The second kappa shape index (κ2) is 8.97. The van der Waals surface area contributed by atoms with Crippen LogP contribution >= 0.6 is 0 Å². The summed E-state index contributed by atoms with van der Waals surface area (Å²) in [7, 11) is 0. The molecule has 7 nitrogen and oxygen atoms in total. The maximum atomic E-state index is 13.4. The van der Waals surface area contributed by atoms with Crippen LogP contribution in [0.25, 0.3) is 0 Å². The van der Waals surface area contributed by atoms with Crippen molar-refractivity contribution in [1.29, 1.82) is 0 Å². The summed E-state index contributed by atoms with van der Waals surface area (Å²) in [5.74, 6) is -0.0495. The fraction of sp³-hybridized carbons (Fsp3) is 0.370. The van der Waals surface area contributed by atoms with Gasteiger partial charge in [-0.2, -0.15) is 5.10 Å². The molecular weight excluding hydrogens is 426 g/mol. The van der Waals surface area contributed by atoms with Crippen LogP contribution in [0.2, 0.25) is 0 Å². The van der Waals surface area contributed by atoms with Crippen molar-refractivity contribution in [1.82, 2.24) is 20.0 Å². The Morgan fingerprint density at radius 1 is 0.853 bits per heavy atom. The van der Waals surface area contributed by atoms with Gasteiger partial charge in [-0.25, -0.2) is 0 Å². The zero-order valence-electron chi connectivity index (χ0n) is 20.1. The molecule has 0 saturated carbocycles. The van der Waals surface area contributed by atoms with Crippen molar-refractivity contribution in [2.45, 2.75) is 33.7 Å². The van der Waals surface area contributed by atoms with Gasteiger partial charge in [0, 0.05) is 61.7 Å². The number of hydrogen-bond acceptors (Lipinski definition) is 4. The van der Waals surface area contributed by atoms with Crippen LogP contribution in [-0.4, -0.2) is 64.5 Å². The number of fused-ring (bicyclic) bond motifs is 1. The summed E-state index contributed by atoms with van der Waals surface area (Å²) in [6, 6.07) is 14.3. The van der Waals surface area contributed by atoms with Gasteiger partial charge in [-0.1, -0.05) is 35.4 Å². The number of aryl methyl sites for hydroxylation is 3. The summed E-state index contributed by atoms with van der Waals surface area (Å²) in [4.78, 5) is 32.7. The van der Waals surface area contributed by atoms with Gasteiger partial charge < -0.3 is 14.7 Å². The van der Waals surface area contributed by atoms with E-state index in [0.717, 1.165) is 35.5 Å². The molecule has 0 atom stereocenters. The van der Waals surface area contributed by atoms with Gasteiger partial charge in [0.25, 0.3) is 11.8 Å². The van der Waals surface area contributed by atoms with Gasteiger partial charge in [0.2, 0.25) is 0 Å². The Bertz CT molecular complexity index is 1220. The minimum Gasteiger partial charge on any atom is -0.368 e. The molecule has 5 rings (SSSR count). The van der Waals surface area contributed by atoms with E-state index in [2.05, 4.69) is 46.3 Å². The highest BCUT2D eigenvalue weighted by atomic mass is 16.2. The molecule has 0 aliphatic carbocycles. The zero-order valence-corrected chi connectivity index (χ0v) is 20.1. The van der Waals surface area contributed by atoms with Crippen molar-refractivity contribution in [3.05, 3.63) is 81.7 Å². The number of H-pyrrole nitrogens is 1. The topological polar surface area (TPSA) is 72.5 Å². The SMILES string of the molecule is Cc1cc(C)cc(C(=O)N2CCc3[nH]nc(C(=O)N4CCN(c5ccccc5C)CC4)c3C2)c1. The van der Waals surface area contributed by atoms with E-state index in [-0.39, 0.29) is 11.8 Å². The lowest BCUT2D eigenvalue weighted by Crippen LogP contribution is -2.49. The van der Waals surface area contributed by atoms with E-state index in [1.165, 1.54) is 11.3 Å². The van der Waals surface area contributed by atoms with Crippen LogP contribution in [0, 0.1) is 20.8 Å². The summed E-state index contributed by atoms with van der Waals surface area (Å²) in [6.45, 7) is 10.0. The van der Waals surface area contributed by atoms with Crippen molar-refractivity contribution < 1.29 is 9.59 Å². The molecule has 2 aliphatic heterocycles. The fourth-order valence-electron chi connectivity index (χ4n) is 5.14. The number of rotatable bonds is 3. The van der Waals surface area contributed by atoms with E-state index in [0.29, 0.717) is 43.9 Å². The minimum atomic E-state index is -0.0531. The molecule has 176 valence electrons. The number of carbonyl (C=O) groups is 2. The maximum Gasteiger partial charge on any atom is 0.274 e. The predicted octanol–water partition coefficient (Wildman–Crippen LogP) is 3.50. The number of aromatic nitrogens is 2. The third-order valence-electron chi connectivity index (χ3n) is 6.91. The van der Waals surface area contributed by atoms with Crippen molar-refractivity contribution in [2.75, 3.05) is 37.6 Å². The first-order valence-corrected chi connectivity index (χ1v) is 11.9. The second-order valence-corrected chi connectivity index (χ2v) is 9.45. The maximum absolute atomic E-state index is 13.4. The third-order valence-corrected chi connectivity index (χ3v) is 6.91. The molecule has 2 aliphatic rings. The first-order valence-electron chi connectivity index (χ1n) is 11.9. The first kappa shape index (κ1) is 22.2. The van der Waals surface area contributed by atoms with Crippen LogP contribution in [0.4, 0.5) is 5.69 Å². The van der Waals surface area contributed by atoms with Crippen LogP contribution in [0.5, 0.6) is 0 Å². The van der Waals surface area contributed by atoms with E-state index in [1.54, 1.807) is 0 Å². The highest BCUT2D eigenvalue weighted by molar-refractivity contribution is 5.96. The lowest BCUT2D eigenvalue weighted by atomic mass is 10.0. The smallest absolute Gasteiger partial charge is 0.274 e. The number of nitrogens with one attached hydrogen (secondary N) is 1. The lowest BCUT2D eigenvalue weighted by Gasteiger charge is -2.36. The van der Waals surface area contributed by atoms with Gasteiger partial charge in [-0.15, -0.1) is 0 Å². The first-order chi connectivity index (χ1) is 16.4. The van der Waals surface area contributed by atoms with E-state index in [4.69, 9.17) is 0 Å². The third kappa shape index (κ3) is 4.18. The van der Waals surface area contributed by atoms with E-state index in [1.807, 2.05) is 41.8 Å². The molecule has 2 aromatic carbocycles. The quantitative estimate of drug-likeness (QED) is 0.654. The second-order valence-electron chi connectivity index (χ2n) is 9.45. The van der Waals surface area contributed by atoms with Gasteiger partial charge in [0.1, 0.15) is 0 Å². The Morgan fingerprint density at radius 3 is 2.26 bits per heavy atom. The molecule has 1 N–H and O–H groups in total. The van der Waals surface area contributed by atoms with Gasteiger partial charge >= 0.3 is 0 Å². The lowest BCUT2D eigenvalue weighted by molar-refractivity contribution is 0.0709. The Kier molecular flexibility index (Phi) is 5.86. The number of para-hydroxylation sites is 1. The Morgan fingerprint density at radius 2 is 1.56 bits per heavy atom. The average molecular weight is 458 g/mol. The number of anilines is 1. The fourth-order valence-corrected chi connectivity index (χ4v) is 5.14. The molecule has 3 heterocycles. The monoisotopic (exact) mass is 457 g/mol. The molecule has 2 amide bonds. The molecule has 3 aromatic rings. The van der Waals surface area contributed by atoms with Gasteiger partial charge in [-0.3, -0.25) is 14.7 Å². The van der Waals surface area contributed by atoms with Crippen molar-refractivity contribution >= 4 is 17.5 Å². The summed E-state index contributed by atoms with van der Waals surface area (Å²) in [6.07, 6.45) is 0.674. The highest BCUT2D eigenvalue weighted by Gasteiger charge is 2.31. The molecule has 0 radical (unpaired) electrons. The van der Waals surface area contributed by atoms with Crippen LogP contribution < -0.4 is 4.90 Å². The summed E-state index contributed by atoms with van der Waals surface area (Å²) in [5.41, 5.74) is 7.60. The van der Waals surface area contributed by atoms with Gasteiger partial charge in [-0.05, 0) is 44.5 Å². The van der Waals surface area contributed by atoms with E-state index < -0.39 is 0 Å². The number of benzene rings is 2. The Labute approximate surface area is 200 Å². The number of aromatic amines is 1. The Balaban J connectivity index is 1.29. The van der Waals surface area contributed by atoms with E-state index in [9.17, 15) is 9.59 Å².